The van der Waals surface area contributed by atoms with Gasteiger partial charge in [0.05, 0.1) is 16.1 Å². The number of aromatic amines is 1. The average Bonchev–Trinajstić information content (AvgIpc) is 2.87. The van der Waals surface area contributed by atoms with E-state index in [1.807, 2.05) is 25.1 Å². The minimum Gasteiger partial charge on any atom is -0.493 e. The molecule has 0 aliphatic heterocycles. The van der Waals surface area contributed by atoms with E-state index in [0.717, 1.165) is 17.5 Å². The van der Waals surface area contributed by atoms with Crippen molar-refractivity contribution in [3.8, 4) is 5.88 Å². The summed E-state index contributed by atoms with van der Waals surface area (Å²) >= 11 is 11.8. The van der Waals surface area contributed by atoms with E-state index in [9.17, 15) is 9.90 Å². The van der Waals surface area contributed by atoms with E-state index < -0.39 is 5.91 Å². The second-order valence-electron chi connectivity index (χ2n) is 5.19. The molecule has 0 unspecified atom stereocenters. The predicted octanol–water partition coefficient (Wildman–Crippen LogP) is 5.67. The third-order valence-electron chi connectivity index (χ3n) is 3.63. The zero-order chi connectivity index (χ0) is 17.3. The number of hydrogen-bond acceptors (Lipinski definition) is 3. The highest BCUT2D eigenvalue weighted by Gasteiger charge is 2.13. The maximum atomic E-state index is 12.2. The average molecular weight is 362 g/mol. The third kappa shape index (κ3) is 3.13. The van der Waals surface area contributed by atoms with Crippen LogP contribution < -0.4 is 0 Å². The summed E-state index contributed by atoms with van der Waals surface area (Å²) in [6.07, 6.45) is 0.845. The fourth-order valence-corrected chi connectivity index (χ4v) is 2.83. The topological polar surface area (TPSA) is 77.8 Å². The molecule has 122 valence electrons. The van der Waals surface area contributed by atoms with Gasteiger partial charge in [0.25, 0.3) is 5.91 Å². The first kappa shape index (κ1) is 16.5. The first-order chi connectivity index (χ1) is 11.5. The summed E-state index contributed by atoms with van der Waals surface area (Å²) in [5.74, 6) is -0.755. The lowest BCUT2D eigenvalue weighted by atomic mass is 10.1. The molecule has 0 fully saturated rings. The molecule has 24 heavy (non-hydrogen) atoms. The van der Waals surface area contributed by atoms with Crippen molar-refractivity contribution in [3.05, 3.63) is 57.6 Å². The van der Waals surface area contributed by atoms with Crippen LogP contribution >= 0.6 is 23.2 Å². The van der Waals surface area contributed by atoms with Crippen LogP contribution in [0.1, 0.15) is 22.8 Å². The zero-order valence-corrected chi connectivity index (χ0v) is 14.2. The molecule has 2 aromatic carbocycles. The van der Waals surface area contributed by atoms with Crippen LogP contribution in [0.2, 0.25) is 10.0 Å². The molecule has 2 N–H and O–H groups in total. The van der Waals surface area contributed by atoms with Gasteiger partial charge in [0, 0.05) is 10.4 Å². The second-order valence-corrected chi connectivity index (χ2v) is 6.03. The number of aryl methyl sites for hydroxylation is 1. The van der Waals surface area contributed by atoms with Gasteiger partial charge < -0.3 is 10.1 Å². The largest absolute Gasteiger partial charge is 0.493 e. The minimum absolute atomic E-state index is 0.142. The number of carbonyl (C=O) groups excluding carboxylic acids is 1. The molecule has 0 atom stereocenters. The number of nitrogens with zero attached hydrogens (tertiary/aromatic N) is 2. The van der Waals surface area contributed by atoms with E-state index >= 15 is 0 Å². The zero-order valence-electron chi connectivity index (χ0n) is 12.7. The van der Waals surface area contributed by atoms with Gasteiger partial charge in [-0.1, -0.05) is 36.2 Å². The number of amides is 1. The molecule has 3 aromatic rings. The van der Waals surface area contributed by atoms with Gasteiger partial charge in [-0.3, -0.25) is 4.79 Å². The fourth-order valence-electron chi connectivity index (χ4n) is 2.34. The van der Waals surface area contributed by atoms with Crippen molar-refractivity contribution in [2.75, 3.05) is 0 Å². The summed E-state index contributed by atoms with van der Waals surface area (Å²) in [4.78, 5) is 15.0. The van der Waals surface area contributed by atoms with E-state index in [1.54, 1.807) is 6.07 Å². The van der Waals surface area contributed by atoms with Crippen LogP contribution in [0.5, 0.6) is 5.88 Å². The SMILES string of the molecule is CCc1ccc2[nH]c(O)c(N=NC(=O)c3ccc(Cl)cc3Cl)c2c1. The predicted molar refractivity (Wildman–Crippen MR) is 94.7 cm³/mol. The number of fused-ring (bicyclic) bond motifs is 1. The number of halogens is 2. The van der Waals surface area contributed by atoms with Crippen molar-refractivity contribution in [1.82, 2.24) is 4.98 Å². The Bertz CT molecular complexity index is 964. The molecule has 1 amide bonds. The molecule has 0 radical (unpaired) electrons. The molecule has 0 saturated heterocycles. The van der Waals surface area contributed by atoms with Gasteiger partial charge in [0.15, 0.2) is 5.69 Å². The summed E-state index contributed by atoms with van der Waals surface area (Å²) in [6.45, 7) is 2.03. The van der Waals surface area contributed by atoms with Gasteiger partial charge in [0.2, 0.25) is 5.88 Å². The standard InChI is InChI=1S/C17H13Cl2N3O2/c1-2-9-3-6-14-12(7-9)15(17(24)20-14)21-22-16(23)11-5-4-10(18)8-13(11)19/h3-8,20,24H,2H2,1H3. The second kappa shape index (κ2) is 6.63. The fraction of sp³-hybridized carbons (Fsp3) is 0.118. The van der Waals surface area contributed by atoms with Gasteiger partial charge >= 0.3 is 0 Å². The monoisotopic (exact) mass is 361 g/mol. The highest BCUT2D eigenvalue weighted by atomic mass is 35.5. The summed E-state index contributed by atoms with van der Waals surface area (Å²) in [7, 11) is 0. The molecule has 5 nitrogen and oxygen atoms in total. The maximum Gasteiger partial charge on any atom is 0.296 e. The van der Waals surface area contributed by atoms with Gasteiger partial charge in [-0.15, -0.1) is 10.2 Å². The van der Waals surface area contributed by atoms with Crippen LogP contribution in [0.25, 0.3) is 10.9 Å². The number of carbonyl (C=O) groups is 1. The van der Waals surface area contributed by atoms with Crippen molar-refractivity contribution in [3.63, 3.8) is 0 Å². The highest BCUT2D eigenvalue weighted by Crippen LogP contribution is 2.36. The van der Waals surface area contributed by atoms with Crippen molar-refractivity contribution >= 4 is 45.7 Å². The lowest BCUT2D eigenvalue weighted by molar-refractivity contribution is 0.0995. The number of aromatic hydroxyl groups is 1. The number of rotatable bonds is 3. The molecule has 7 heteroatoms. The van der Waals surface area contributed by atoms with Gasteiger partial charge in [-0.25, -0.2) is 0 Å². The Balaban J connectivity index is 1.98. The van der Waals surface area contributed by atoms with Crippen LogP contribution in [-0.2, 0) is 6.42 Å². The normalized spacial score (nSPS) is 11.5. The Morgan fingerprint density at radius 2 is 2.00 bits per heavy atom. The van der Waals surface area contributed by atoms with Crippen molar-refractivity contribution in [1.29, 1.82) is 0 Å². The van der Waals surface area contributed by atoms with Crippen molar-refractivity contribution in [2.24, 2.45) is 10.2 Å². The van der Waals surface area contributed by atoms with Gasteiger partial charge in [0.1, 0.15) is 0 Å². The number of aromatic nitrogens is 1. The molecule has 1 heterocycles. The quantitative estimate of drug-likeness (QED) is 0.589. The van der Waals surface area contributed by atoms with Crippen LogP contribution in [0.15, 0.2) is 46.6 Å². The van der Waals surface area contributed by atoms with Crippen molar-refractivity contribution in [2.45, 2.75) is 13.3 Å². The van der Waals surface area contributed by atoms with Crippen LogP contribution in [-0.4, -0.2) is 16.0 Å². The Kier molecular flexibility index (Phi) is 4.55. The van der Waals surface area contributed by atoms with Crippen LogP contribution in [0.4, 0.5) is 5.69 Å². The van der Waals surface area contributed by atoms with E-state index in [-0.39, 0.29) is 22.2 Å². The van der Waals surface area contributed by atoms with Crippen LogP contribution in [0.3, 0.4) is 0 Å². The number of nitrogens with one attached hydrogen (secondary N) is 1. The molecule has 1 aromatic heterocycles. The third-order valence-corrected chi connectivity index (χ3v) is 4.17. The number of azo groups is 1. The molecule has 0 aliphatic rings. The van der Waals surface area contributed by atoms with Crippen molar-refractivity contribution < 1.29 is 9.90 Å². The first-order valence-electron chi connectivity index (χ1n) is 7.24. The lowest BCUT2D eigenvalue weighted by Gasteiger charge is -1.99. The molecule has 3 rings (SSSR count). The number of hydrogen-bond donors (Lipinski definition) is 2. The lowest BCUT2D eigenvalue weighted by Crippen LogP contribution is -1.94. The van der Waals surface area contributed by atoms with Crippen LogP contribution in [0, 0.1) is 0 Å². The van der Waals surface area contributed by atoms with Gasteiger partial charge in [-0.2, -0.15) is 0 Å². The Morgan fingerprint density at radius 1 is 1.21 bits per heavy atom. The van der Waals surface area contributed by atoms with E-state index in [1.165, 1.54) is 12.1 Å². The number of benzene rings is 2. The Morgan fingerprint density at radius 3 is 2.71 bits per heavy atom. The minimum atomic E-state index is -0.614. The smallest absolute Gasteiger partial charge is 0.296 e. The number of H-pyrrole nitrogens is 1. The first-order valence-corrected chi connectivity index (χ1v) is 8.00. The molecule has 0 spiro atoms. The molecular formula is C17H13Cl2N3O2. The molecule has 0 bridgehead atoms. The summed E-state index contributed by atoms with van der Waals surface area (Å²) in [5.41, 5.74) is 2.22. The molecule has 0 saturated carbocycles. The molecular weight excluding hydrogens is 349 g/mol. The van der Waals surface area contributed by atoms with E-state index in [4.69, 9.17) is 23.2 Å². The summed E-state index contributed by atoms with van der Waals surface area (Å²) < 4.78 is 0. The highest BCUT2D eigenvalue weighted by molar-refractivity contribution is 6.36. The van der Waals surface area contributed by atoms with E-state index in [0.29, 0.717) is 10.4 Å². The van der Waals surface area contributed by atoms with E-state index in [2.05, 4.69) is 15.2 Å². The van der Waals surface area contributed by atoms with Gasteiger partial charge in [-0.05, 0) is 42.3 Å². The molecule has 0 aliphatic carbocycles. The Hall–Kier alpha value is -2.37. The maximum absolute atomic E-state index is 12.2. The summed E-state index contributed by atoms with van der Waals surface area (Å²) in [5, 5.41) is 18.9. The Labute approximate surface area is 147 Å². The summed E-state index contributed by atoms with van der Waals surface area (Å²) in [6, 6.07) is 10.2.